The van der Waals surface area contributed by atoms with Crippen LogP contribution in [0.1, 0.15) is 64.0 Å². The molecule has 9 heteroatoms. The van der Waals surface area contributed by atoms with Gasteiger partial charge in [-0.2, -0.15) is 0 Å². The molecule has 0 aromatic heterocycles. The van der Waals surface area contributed by atoms with Crippen LogP contribution in [0.15, 0.2) is 48.5 Å². The second-order valence-corrected chi connectivity index (χ2v) is 9.58. The number of amides is 1. The lowest BCUT2D eigenvalue weighted by atomic mass is 10.0. The zero-order valence-electron chi connectivity index (χ0n) is 22.6. The van der Waals surface area contributed by atoms with Gasteiger partial charge in [0.25, 0.3) is 0 Å². The highest BCUT2D eigenvalue weighted by Crippen LogP contribution is 2.21. The minimum Gasteiger partial charge on any atom is -0.492 e. The van der Waals surface area contributed by atoms with Crippen molar-refractivity contribution in [3.05, 3.63) is 59.7 Å². The second-order valence-electron chi connectivity index (χ2n) is 9.58. The summed E-state index contributed by atoms with van der Waals surface area (Å²) in [6, 6.07) is 14.3. The van der Waals surface area contributed by atoms with E-state index < -0.39 is 24.1 Å². The summed E-state index contributed by atoms with van der Waals surface area (Å²) in [6.45, 7) is 7.72. The Bertz CT molecular complexity index is 990. The minimum atomic E-state index is -2.74. The van der Waals surface area contributed by atoms with Crippen LogP contribution in [0.4, 0.5) is 13.6 Å². The zero-order valence-corrected chi connectivity index (χ0v) is 22.6. The summed E-state index contributed by atoms with van der Waals surface area (Å²) in [4.78, 5) is 25.6. The number of hydrogen-bond donors (Lipinski definition) is 1. The molecule has 0 aliphatic rings. The van der Waals surface area contributed by atoms with E-state index in [0.717, 1.165) is 18.1 Å². The monoisotopic (exact) mass is 535 g/mol. The molecule has 0 saturated carbocycles. The highest BCUT2D eigenvalue weighted by Gasteiger charge is 2.22. The average Bonchev–Trinajstić information content (AvgIpc) is 2.85. The van der Waals surface area contributed by atoms with Crippen LogP contribution in [0.25, 0.3) is 0 Å². The molecule has 2 rings (SSSR count). The number of unbranched alkanes of at least 4 members (excludes halogenated alkanes) is 1. The van der Waals surface area contributed by atoms with Crippen molar-refractivity contribution >= 4 is 12.1 Å². The molecule has 0 spiro atoms. The van der Waals surface area contributed by atoms with E-state index in [9.17, 15) is 23.5 Å². The maximum absolute atomic E-state index is 13.2. The van der Waals surface area contributed by atoms with E-state index in [-0.39, 0.29) is 39.0 Å². The Hall–Kier alpha value is -3.20. The molecule has 1 atom stereocenters. The normalized spacial score (nSPS) is 12.3. The summed E-state index contributed by atoms with van der Waals surface area (Å²) < 4.78 is 42.9. The quantitative estimate of drug-likeness (QED) is 0.246. The molecule has 0 radical (unpaired) electrons. The Balaban J connectivity index is 1.95. The Kier molecular flexibility index (Phi) is 12.5. The SMILES string of the molecule is CCOC(Cc1ccc(OCCN(CCCCC(C)(F)F)C(=O)Oc2ccc(C(C)C)cc2)cc1)C(=O)O. The van der Waals surface area contributed by atoms with E-state index in [2.05, 4.69) is 13.8 Å². The first-order valence-electron chi connectivity index (χ1n) is 13.0. The van der Waals surface area contributed by atoms with Gasteiger partial charge in [-0.3, -0.25) is 0 Å². The molecule has 0 fully saturated rings. The smallest absolute Gasteiger partial charge is 0.415 e. The van der Waals surface area contributed by atoms with Crippen molar-refractivity contribution in [2.45, 2.75) is 71.3 Å². The van der Waals surface area contributed by atoms with Gasteiger partial charge >= 0.3 is 12.1 Å². The second kappa shape index (κ2) is 15.3. The van der Waals surface area contributed by atoms with E-state index in [0.29, 0.717) is 30.4 Å². The number of rotatable bonds is 16. The lowest BCUT2D eigenvalue weighted by Crippen LogP contribution is -2.37. The van der Waals surface area contributed by atoms with Gasteiger partial charge < -0.3 is 24.2 Å². The predicted molar refractivity (Wildman–Crippen MR) is 141 cm³/mol. The summed E-state index contributed by atoms with van der Waals surface area (Å²) in [5.74, 6) is -2.44. The van der Waals surface area contributed by atoms with E-state index in [1.165, 1.54) is 4.90 Å². The summed E-state index contributed by atoms with van der Waals surface area (Å²) in [5.41, 5.74) is 1.91. The highest BCUT2D eigenvalue weighted by atomic mass is 19.3. The largest absolute Gasteiger partial charge is 0.492 e. The van der Waals surface area contributed by atoms with Crippen molar-refractivity contribution in [1.82, 2.24) is 4.90 Å². The van der Waals surface area contributed by atoms with Crippen LogP contribution in [0.3, 0.4) is 0 Å². The number of nitrogens with zero attached hydrogens (tertiary/aromatic N) is 1. The van der Waals surface area contributed by atoms with Gasteiger partial charge in [0.05, 0.1) is 6.54 Å². The lowest BCUT2D eigenvalue weighted by molar-refractivity contribution is -0.149. The fourth-order valence-corrected chi connectivity index (χ4v) is 3.75. The number of benzene rings is 2. The van der Waals surface area contributed by atoms with Gasteiger partial charge in [0, 0.05) is 26.0 Å². The number of hydrogen-bond acceptors (Lipinski definition) is 5. The molecule has 2 aromatic rings. The Labute approximate surface area is 223 Å². The van der Waals surface area contributed by atoms with Crippen LogP contribution < -0.4 is 9.47 Å². The molecule has 7 nitrogen and oxygen atoms in total. The van der Waals surface area contributed by atoms with Gasteiger partial charge in [-0.05, 0) is 68.0 Å². The standard InChI is InChI=1S/C29H39F2NO6/c1-5-36-26(27(33)34)20-22-8-12-24(13-9-22)37-19-18-32(17-7-6-16-29(4,30)31)28(35)38-25-14-10-23(11-15-25)21(2)3/h8-15,21,26H,5-7,16-20H2,1-4H3,(H,33,34). The van der Waals surface area contributed by atoms with Gasteiger partial charge in [0.1, 0.15) is 18.1 Å². The maximum atomic E-state index is 13.2. The van der Waals surface area contributed by atoms with Crippen LogP contribution in [0, 0.1) is 0 Å². The van der Waals surface area contributed by atoms with Crippen LogP contribution in [0.2, 0.25) is 0 Å². The van der Waals surface area contributed by atoms with Crippen LogP contribution in [0.5, 0.6) is 11.5 Å². The summed E-state index contributed by atoms with van der Waals surface area (Å²) in [5, 5.41) is 9.25. The molecular weight excluding hydrogens is 496 g/mol. The van der Waals surface area contributed by atoms with Crippen molar-refractivity contribution in [3.63, 3.8) is 0 Å². The molecule has 0 saturated heterocycles. The fraction of sp³-hybridized carbons (Fsp3) is 0.517. The molecule has 38 heavy (non-hydrogen) atoms. The lowest BCUT2D eigenvalue weighted by Gasteiger charge is -2.22. The molecule has 1 amide bonds. The first kappa shape index (κ1) is 31.0. The van der Waals surface area contributed by atoms with Crippen molar-refractivity contribution < 1.29 is 37.7 Å². The average molecular weight is 536 g/mol. The summed E-state index contributed by atoms with van der Waals surface area (Å²) in [7, 11) is 0. The van der Waals surface area contributed by atoms with Gasteiger partial charge in [-0.1, -0.05) is 38.1 Å². The van der Waals surface area contributed by atoms with Gasteiger partial charge in [-0.25, -0.2) is 18.4 Å². The van der Waals surface area contributed by atoms with Crippen molar-refractivity contribution in [1.29, 1.82) is 0 Å². The van der Waals surface area contributed by atoms with Gasteiger partial charge in [-0.15, -0.1) is 0 Å². The number of carboxylic acid groups (broad SMARTS) is 1. The van der Waals surface area contributed by atoms with E-state index in [4.69, 9.17) is 14.2 Å². The number of halogens is 2. The number of alkyl halides is 2. The van der Waals surface area contributed by atoms with Crippen molar-refractivity contribution in [3.8, 4) is 11.5 Å². The van der Waals surface area contributed by atoms with E-state index in [1.807, 2.05) is 12.1 Å². The first-order valence-corrected chi connectivity index (χ1v) is 13.0. The van der Waals surface area contributed by atoms with Crippen LogP contribution >= 0.6 is 0 Å². The molecule has 0 aliphatic heterocycles. The minimum absolute atomic E-state index is 0.168. The van der Waals surface area contributed by atoms with Crippen LogP contribution in [-0.4, -0.2) is 60.4 Å². The third-order valence-corrected chi connectivity index (χ3v) is 5.92. The number of carbonyl (C=O) groups is 2. The molecule has 0 bridgehead atoms. The molecular formula is C29H39F2NO6. The highest BCUT2D eigenvalue weighted by molar-refractivity contribution is 5.72. The molecule has 210 valence electrons. The molecule has 1 N–H and O–H groups in total. The van der Waals surface area contributed by atoms with E-state index in [1.54, 1.807) is 43.3 Å². The number of carbonyl (C=O) groups excluding carboxylic acids is 1. The third kappa shape index (κ3) is 11.5. The summed E-state index contributed by atoms with van der Waals surface area (Å²) in [6.07, 6.45) is -0.817. The van der Waals surface area contributed by atoms with Crippen LogP contribution in [-0.2, 0) is 16.0 Å². The molecule has 2 aromatic carbocycles. The van der Waals surface area contributed by atoms with Gasteiger partial charge in [0.15, 0.2) is 6.10 Å². The zero-order chi connectivity index (χ0) is 28.1. The first-order chi connectivity index (χ1) is 18.0. The maximum Gasteiger partial charge on any atom is 0.415 e. The molecule has 1 unspecified atom stereocenters. The Morgan fingerprint density at radius 2 is 1.61 bits per heavy atom. The number of carboxylic acids is 1. The van der Waals surface area contributed by atoms with Gasteiger partial charge in [0.2, 0.25) is 5.92 Å². The fourth-order valence-electron chi connectivity index (χ4n) is 3.75. The summed E-state index contributed by atoms with van der Waals surface area (Å²) >= 11 is 0. The topological polar surface area (TPSA) is 85.3 Å². The number of aliphatic carboxylic acids is 1. The third-order valence-electron chi connectivity index (χ3n) is 5.92. The van der Waals surface area contributed by atoms with E-state index >= 15 is 0 Å². The van der Waals surface area contributed by atoms with Crippen molar-refractivity contribution in [2.24, 2.45) is 0 Å². The molecule has 0 heterocycles. The van der Waals surface area contributed by atoms with Crippen molar-refractivity contribution in [2.75, 3.05) is 26.3 Å². The number of ether oxygens (including phenoxy) is 3. The molecule has 0 aliphatic carbocycles. The Morgan fingerprint density at radius 1 is 0.974 bits per heavy atom. The predicted octanol–water partition coefficient (Wildman–Crippen LogP) is 6.55. The Morgan fingerprint density at radius 3 is 2.16 bits per heavy atom.